The van der Waals surface area contributed by atoms with E-state index in [0.29, 0.717) is 5.56 Å². The molecular formula is C35H33NO6S3. The van der Waals surface area contributed by atoms with E-state index in [4.69, 9.17) is 0 Å². The van der Waals surface area contributed by atoms with Crippen LogP contribution in [-0.4, -0.2) is 49.0 Å². The minimum Gasteiger partial charge on any atom is -0.256 e. The quantitative estimate of drug-likeness (QED) is 0.173. The van der Waals surface area contributed by atoms with E-state index in [0.717, 1.165) is 56.8 Å². The van der Waals surface area contributed by atoms with Gasteiger partial charge in [-0.3, -0.25) is 4.98 Å². The molecule has 10 heteroatoms. The van der Waals surface area contributed by atoms with Gasteiger partial charge in [-0.2, -0.15) is 0 Å². The fourth-order valence-electron chi connectivity index (χ4n) is 5.03. The average Bonchev–Trinajstić information content (AvgIpc) is 2.98. The summed E-state index contributed by atoms with van der Waals surface area (Å²) in [5.74, 6) is 0. The highest BCUT2D eigenvalue weighted by Crippen LogP contribution is 2.37. The van der Waals surface area contributed by atoms with Gasteiger partial charge in [0.05, 0.1) is 20.1 Å². The summed E-state index contributed by atoms with van der Waals surface area (Å²) in [6.45, 7) is 3.39. The number of hydrogen-bond donors (Lipinski definition) is 0. The van der Waals surface area contributed by atoms with Gasteiger partial charge in [0.1, 0.15) is 0 Å². The van der Waals surface area contributed by atoms with Crippen molar-refractivity contribution in [3.8, 4) is 11.1 Å². The molecule has 0 amide bonds. The van der Waals surface area contributed by atoms with Gasteiger partial charge in [-0.05, 0) is 102 Å². The van der Waals surface area contributed by atoms with Crippen LogP contribution in [0.5, 0.6) is 0 Å². The number of pyridine rings is 1. The minimum atomic E-state index is -3.44. The fraction of sp³-hybridized carbons (Fsp3) is 0.171. The monoisotopic (exact) mass is 659 g/mol. The summed E-state index contributed by atoms with van der Waals surface area (Å²) in [5.41, 5.74) is 6.05. The first-order chi connectivity index (χ1) is 20.9. The lowest BCUT2D eigenvalue weighted by Crippen LogP contribution is -2.28. The second-order valence-electron chi connectivity index (χ2n) is 11.7. The molecule has 45 heavy (non-hydrogen) atoms. The number of fused-ring (bicyclic) bond motifs is 1. The Morgan fingerprint density at radius 3 is 1.73 bits per heavy atom. The Bertz CT molecular complexity index is 2210. The van der Waals surface area contributed by atoms with Crippen LogP contribution in [0.25, 0.3) is 33.7 Å². The second-order valence-corrected chi connectivity index (χ2v) is 18.3. The summed E-state index contributed by atoms with van der Waals surface area (Å²) in [6.07, 6.45) is 7.19. The van der Waals surface area contributed by atoms with Crippen molar-refractivity contribution in [2.45, 2.75) is 28.4 Å². The fourth-order valence-corrected chi connectivity index (χ4v) is 6.84. The molecule has 0 bridgehead atoms. The van der Waals surface area contributed by atoms with Crippen LogP contribution in [0.2, 0.25) is 0 Å². The highest BCUT2D eigenvalue weighted by Gasteiger charge is 2.33. The van der Waals surface area contributed by atoms with Gasteiger partial charge in [0.25, 0.3) is 0 Å². The molecule has 0 aliphatic carbocycles. The molecule has 0 saturated carbocycles. The van der Waals surface area contributed by atoms with E-state index in [9.17, 15) is 25.3 Å². The molecule has 1 aromatic heterocycles. The summed E-state index contributed by atoms with van der Waals surface area (Å²) in [6, 6.07) is 28.3. The van der Waals surface area contributed by atoms with Crippen LogP contribution in [0.15, 0.2) is 113 Å². The third kappa shape index (κ3) is 6.78. The Labute approximate surface area is 265 Å². The van der Waals surface area contributed by atoms with Crippen LogP contribution in [0.3, 0.4) is 0 Å². The molecule has 0 saturated heterocycles. The highest BCUT2D eigenvalue weighted by molar-refractivity contribution is 7.91. The average molecular weight is 660 g/mol. The number of benzene rings is 4. The van der Waals surface area contributed by atoms with Crippen molar-refractivity contribution in [3.05, 3.63) is 126 Å². The van der Waals surface area contributed by atoms with E-state index in [-0.39, 0.29) is 9.79 Å². The molecule has 0 N–H and O–H groups in total. The predicted molar refractivity (Wildman–Crippen MR) is 181 cm³/mol. The van der Waals surface area contributed by atoms with E-state index < -0.39 is 34.3 Å². The molecule has 0 aliphatic rings. The molecule has 7 nitrogen and oxygen atoms in total. The van der Waals surface area contributed by atoms with Crippen LogP contribution in [0, 0.1) is 0 Å². The summed E-state index contributed by atoms with van der Waals surface area (Å²) in [5, 5.41) is 0.820. The van der Waals surface area contributed by atoms with Crippen molar-refractivity contribution >= 4 is 52.1 Å². The van der Waals surface area contributed by atoms with Gasteiger partial charge in [0.2, 0.25) is 0 Å². The maximum Gasteiger partial charge on any atom is 0.175 e. The molecule has 0 fully saturated rings. The number of sulfone groups is 3. The molecule has 0 spiro atoms. The Hall–Kier alpha value is -4.12. The topological polar surface area (TPSA) is 115 Å². The van der Waals surface area contributed by atoms with Gasteiger partial charge in [0.15, 0.2) is 29.5 Å². The Morgan fingerprint density at radius 1 is 0.667 bits per heavy atom. The summed E-state index contributed by atoms with van der Waals surface area (Å²) in [4.78, 5) is 5.00. The van der Waals surface area contributed by atoms with E-state index in [1.54, 1.807) is 68.6 Å². The Balaban J connectivity index is 1.70. The smallest absolute Gasteiger partial charge is 0.175 e. The first-order valence-corrected chi connectivity index (χ1v) is 19.6. The molecule has 0 aliphatic heterocycles. The number of rotatable bonds is 8. The van der Waals surface area contributed by atoms with Gasteiger partial charge in [-0.1, -0.05) is 48.5 Å². The molecular weight excluding hydrogens is 627 g/mol. The molecule has 4 aromatic carbocycles. The van der Waals surface area contributed by atoms with E-state index >= 15 is 0 Å². The Morgan fingerprint density at radius 2 is 1.22 bits per heavy atom. The third-order valence-corrected chi connectivity index (χ3v) is 12.4. The van der Waals surface area contributed by atoms with Crippen LogP contribution in [-0.2, 0) is 34.3 Å². The standard InChI is InChI=1S/C35H33NO6S3/c1-35(2,45(5,41)42)29-22-28-10-7-19-36-34(28)33(23-29)27-9-6-8-24(20-27)21-32(25-11-15-30(16-12-25)43(3,37)38)26-13-17-31(18-14-26)44(4,39)40/h6-23H,1-5H3. The van der Waals surface area contributed by atoms with Crippen molar-refractivity contribution in [2.24, 2.45) is 0 Å². The minimum absolute atomic E-state index is 0.191. The van der Waals surface area contributed by atoms with Gasteiger partial charge in [-0.15, -0.1) is 0 Å². The highest BCUT2D eigenvalue weighted by atomic mass is 32.2. The SMILES string of the molecule is CC(C)(c1cc(-c2cccc(C=C(c3ccc(S(C)(=O)=O)cc3)c3ccc(S(C)(=O)=O)cc3)c2)c2ncccc2c1)S(C)(=O)=O. The van der Waals surface area contributed by atoms with Crippen molar-refractivity contribution in [3.63, 3.8) is 0 Å². The summed E-state index contributed by atoms with van der Waals surface area (Å²) >= 11 is 0. The normalized spacial score (nSPS) is 12.6. The van der Waals surface area contributed by atoms with Crippen molar-refractivity contribution in [1.29, 1.82) is 0 Å². The molecule has 5 aromatic rings. The van der Waals surface area contributed by atoms with Crippen LogP contribution >= 0.6 is 0 Å². The van der Waals surface area contributed by atoms with Gasteiger partial charge >= 0.3 is 0 Å². The van der Waals surface area contributed by atoms with Crippen LogP contribution in [0.4, 0.5) is 0 Å². The lowest BCUT2D eigenvalue weighted by Gasteiger charge is -2.24. The third-order valence-electron chi connectivity index (χ3n) is 8.02. The largest absolute Gasteiger partial charge is 0.256 e. The van der Waals surface area contributed by atoms with Crippen LogP contribution < -0.4 is 0 Å². The van der Waals surface area contributed by atoms with Crippen LogP contribution in [0.1, 0.15) is 36.1 Å². The zero-order valence-electron chi connectivity index (χ0n) is 25.5. The lowest BCUT2D eigenvalue weighted by molar-refractivity contribution is 0.561. The number of aromatic nitrogens is 1. The Kier molecular flexibility index (Phi) is 8.37. The predicted octanol–water partition coefficient (Wildman–Crippen LogP) is 6.58. The van der Waals surface area contributed by atoms with Gasteiger partial charge in [-0.25, -0.2) is 25.3 Å². The zero-order chi connectivity index (χ0) is 32.8. The number of nitrogens with zero attached hydrogens (tertiary/aromatic N) is 1. The van der Waals surface area contributed by atoms with E-state index in [2.05, 4.69) is 4.98 Å². The van der Waals surface area contributed by atoms with Gasteiger partial charge in [0, 0.05) is 35.9 Å². The zero-order valence-corrected chi connectivity index (χ0v) is 28.0. The maximum atomic E-state index is 12.7. The van der Waals surface area contributed by atoms with Crippen molar-refractivity contribution in [2.75, 3.05) is 18.8 Å². The second kappa shape index (κ2) is 11.7. The maximum absolute atomic E-state index is 12.7. The molecule has 0 atom stereocenters. The summed E-state index contributed by atoms with van der Waals surface area (Å²) < 4.78 is 72.8. The summed E-state index contributed by atoms with van der Waals surface area (Å²) in [7, 11) is -10.2. The molecule has 0 radical (unpaired) electrons. The molecule has 0 unspecified atom stereocenters. The number of hydrogen-bond acceptors (Lipinski definition) is 7. The van der Waals surface area contributed by atoms with E-state index in [1.165, 1.54) is 6.26 Å². The lowest BCUT2D eigenvalue weighted by atomic mass is 9.92. The first kappa shape index (κ1) is 32.3. The van der Waals surface area contributed by atoms with Gasteiger partial charge < -0.3 is 0 Å². The molecule has 232 valence electrons. The first-order valence-electron chi connectivity index (χ1n) is 14.0. The van der Waals surface area contributed by atoms with Crippen molar-refractivity contribution < 1.29 is 25.3 Å². The molecule has 5 rings (SSSR count). The van der Waals surface area contributed by atoms with Crippen molar-refractivity contribution in [1.82, 2.24) is 4.98 Å². The molecule has 1 heterocycles. The van der Waals surface area contributed by atoms with E-state index in [1.807, 2.05) is 54.6 Å².